The van der Waals surface area contributed by atoms with Crippen LogP contribution in [-0.4, -0.2) is 16.2 Å². The summed E-state index contributed by atoms with van der Waals surface area (Å²) in [5.74, 6) is 0. The van der Waals surface area contributed by atoms with Gasteiger partial charge in [0.25, 0.3) is 0 Å². The van der Waals surface area contributed by atoms with E-state index in [2.05, 4.69) is 4.98 Å². The van der Waals surface area contributed by atoms with Gasteiger partial charge in [-0.3, -0.25) is 14.9 Å². The second-order valence-electron chi connectivity index (χ2n) is 1.91. The Morgan fingerprint density at radius 2 is 2.33 bits per heavy atom. The Morgan fingerprint density at radius 3 is 2.75 bits per heavy atom. The summed E-state index contributed by atoms with van der Waals surface area (Å²) in [6.07, 6.45) is 1.81. The van der Waals surface area contributed by atoms with Gasteiger partial charge in [-0.25, -0.2) is 4.98 Å². The highest BCUT2D eigenvalue weighted by Crippen LogP contribution is 2.21. The highest BCUT2D eigenvalue weighted by Gasteiger charge is 2.17. The van der Waals surface area contributed by atoms with Crippen LogP contribution in [0.15, 0.2) is 12.3 Å². The average molecular weight is 278 g/mol. The number of nitrogens with zero attached hydrogens (tertiary/aromatic N) is 2. The predicted octanol–water partition coefficient (Wildman–Crippen LogP) is 1.41. The number of carbonyl (C=O) groups excluding carboxylic acids is 1. The lowest BCUT2D eigenvalue weighted by atomic mass is 10.2. The molecule has 1 heterocycles. The third-order valence-corrected chi connectivity index (χ3v) is 2.01. The number of rotatable bonds is 2. The predicted molar refractivity (Wildman–Crippen MR) is 49.0 cm³/mol. The minimum Gasteiger partial charge on any atom is -0.298 e. The quantitative estimate of drug-likeness (QED) is 0.269. The molecule has 5 nitrogen and oxygen atoms in total. The maximum atomic E-state index is 10.4. The van der Waals surface area contributed by atoms with Crippen LogP contribution in [0.4, 0.5) is 5.69 Å². The van der Waals surface area contributed by atoms with E-state index in [1.807, 2.05) is 0 Å². The van der Waals surface area contributed by atoms with Gasteiger partial charge in [0.1, 0.15) is 0 Å². The van der Waals surface area contributed by atoms with Crippen LogP contribution in [0.2, 0.25) is 0 Å². The summed E-state index contributed by atoms with van der Waals surface area (Å²) in [6.45, 7) is 0. The molecule has 0 N–H and O–H groups in total. The molecule has 0 radical (unpaired) electrons. The first kappa shape index (κ1) is 9.04. The van der Waals surface area contributed by atoms with Gasteiger partial charge in [-0.1, -0.05) is 0 Å². The smallest absolute Gasteiger partial charge is 0.298 e. The molecule has 0 spiro atoms. The van der Waals surface area contributed by atoms with Gasteiger partial charge >= 0.3 is 5.69 Å². The van der Waals surface area contributed by atoms with Gasteiger partial charge in [0, 0.05) is 6.20 Å². The molecule has 0 saturated heterocycles. The fraction of sp³-hybridized carbons (Fsp3) is 0. The van der Waals surface area contributed by atoms with Crippen molar-refractivity contribution >= 4 is 34.6 Å². The number of nitro groups is 1. The largest absolute Gasteiger partial charge is 0.311 e. The van der Waals surface area contributed by atoms with Crippen LogP contribution in [0, 0.1) is 13.8 Å². The lowest BCUT2D eigenvalue weighted by Gasteiger charge is -1.95. The summed E-state index contributed by atoms with van der Waals surface area (Å²) in [4.78, 5) is 23.8. The minimum atomic E-state index is -0.613. The van der Waals surface area contributed by atoms with E-state index in [9.17, 15) is 14.9 Å². The molecule has 0 bridgehead atoms. The molecular weight excluding hydrogens is 275 g/mol. The monoisotopic (exact) mass is 278 g/mol. The van der Waals surface area contributed by atoms with Crippen molar-refractivity contribution in [1.82, 2.24) is 4.98 Å². The molecule has 1 rings (SSSR count). The lowest BCUT2D eigenvalue weighted by molar-refractivity contribution is -0.386. The Kier molecular flexibility index (Phi) is 2.69. The van der Waals surface area contributed by atoms with Gasteiger partial charge in [-0.05, 0) is 28.7 Å². The van der Waals surface area contributed by atoms with E-state index < -0.39 is 4.92 Å². The summed E-state index contributed by atoms with van der Waals surface area (Å²) in [7, 11) is 0. The summed E-state index contributed by atoms with van der Waals surface area (Å²) >= 11 is 1.71. The molecule has 0 saturated carbocycles. The van der Waals surface area contributed by atoms with Crippen molar-refractivity contribution in [3.63, 3.8) is 0 Å². The second-order valence-corrected chi connectivity index (χ2v) is 2.94. The van der Waals surface area contributed by atoms with Crippen LogP contribution in [0.3, 0.4) is 0 Å². The van der Waals surface area contributed by atoms with Crippen LogP contribution < -0.4 is 0 Å². The number of pyridine rings is 1. The molecule has 12 heavy (non-hydrogen) atoms. The summed E-state index contributed by atoms with van der Waals surface area (Å²) in [6, 6.07) is 1.31. The van der Waals surface area contributed by atoms with Crippen LogP contribution in [0.25, 0.3) is 0 Å². The van der Waals surface area contributed by atoms with E-state index in [0.717, 1.165) is 0 Å². The van der Waals surface area contributed by atoms with Crippen molar-refractivity contribution < 1.29 is 9.72 Å². The topological polar surface area (TPSA) is 73.1 Å². The van der Waals surface area contributed by atoms with E-state index in [4.69, 9.17) is 0 Å². The maximum absolute atomic E-state index is 10.4. The Labute approximate surface area is 81.1 Å². The molecular formula is C6H3IN2O3. The molecule has 0 fully saturated rings. The average Bonchev–Trinajstić information content (AvgIpc) is 2.03. The molecule has 6 heteroatoms. The van der Waals surface area contributed by atoms with Gasteiger partial charge in [0.2, 0.25) is 0 Å². The Balaban J connectivity index is 3.39. The van der Waals surface area contributed by atoms with Gasteiger partial charge in [-0.15, -0.1) is 0 Å². The Hall–Kier alpha value is -1.05. The summed E-state index contributed by atoms with van der Waals surface area (Å²) in [5, 5.41) is 10.4. The van der Waals surface area contributed by atoms with Crippen LogP contribution in [-0.2, 0) is 0 Å². The lowest BCUT2D eigenvalue weighted by Crippen LogP contribution is -1.98. The number of hydrogen-bond donors (Lipinski definition) is 0. The van der Waals surface area contributed by atoms with Gasteiger partial charge in [0.05, 0.1) is 10.5 Å². The fourth-order valence-electron chi connectivity index (χ4n) is 0.718. The zero-order valence-corrected chi connectivity index (χ0v) is 7.89. The highest BCUT2D eigenvalue weighted by atomic mass is 127. The molecule has 62 valence electrons. The second kappa shape index (κ2) is 3.57. The number of aldehydes is 1. The first-order valence-corrected chi connectivity index (χ1v) is 3.98. The van der Waals surface area contributed by atoms with Gasteiger partial charge < -0.3 is 0 Å². The van der Waals surface area contributed by atoms with E-state index in [0.29, 0.717) is 6.29 Å². The SMILES string of the molecule is O=Cc1ccnc(I)c1[N+](=O)[O-]. The zero-order valence-electron chi connectivity index (χ0n) is 5.73. The molecule has 0 aromatic carbocycles. The maximum Gasteiger partial charge on any atom is 0.311 e. The van der Waals surface area contributed by atoms with Crippen LogP contribution in [0.5, 0.6) is 0 Å². The van der Waals surface area contributed by atoms with Gasteiger partial charge in [0.15, 0.2) is 9.99 Å². The number of aromatic nitrogens is 1. The fourth-order valence-corrected chi connectivity index (χ4v) is 1.39. The molecule has 1 aromatic heterocycles. The van der Waals surface area contributed by atoms with Crippen LogP contribution in [0.1, 0.15) is 10.4 Å². The zero-order chi connectivity index (χ0) is 9.14. The first-order valence-electron chi connectivity index (χ1n) is 2.91. The third kappa shape index (κ3) is 1.58. The van der Waals surface area contributed by atoms with E-state index in [-0.39, 0.29) is 15.0 Å². The molecule has 0 unspecified atom stereocenters. The van der Waals surface area contributed by atoms with Crippen molar-refractivity contribution in [2.24, 2.45) is 0 Å². The Bertz CT molecular complexity index is 340. The van der Waals surface area contributed by atoms with Gasteiger partial charge in [-0.2, -0.15) is 0 Å². The molecule has 1 aromatic rings. The first-order chi connectivity index (χ1) is 5.66. The third-order valence-electron chi connectivity index (χ3n) is 1.22. The van der Waals surface area contributed by atoms with Crippen LogP contribution >= 0.6 is 22.6 Å². The number of hydrogen-bond acceptors (Lipinski definition) is 4. The minimum absolute atomic E-state index is 0.0550. The van der Waals surface area contributed by atoms with Crippen molar-refractivity contribution in [3.05, 3.63) is 31.6 Å². The summed E-state index contributed by atoms with van der Waals surface area (Å²) in [5.41, 5.74) is -0.174. The Morgan fingerprint density at radius 1 is 1.67 bits per heavy atom. The molecule has 0 aliphatic carbocycles. The van der Waals surface area contributed by atoms with Crippen molar-refractivity contribution in [3.8, 4) is 0 Å². The highest BCUT2D eigenvalue weighted by molar-refractivity contribution is 14.1. The molecule has 0 atom stereocenters. The van der Waals surface area contributed by atoms with Crippen molar-refractivity contribution in [1.29, 1.82) is 0 Å². The normalized spacial score (nSPS) is 9.42. The number of halogens is 1. The number of carbonyl (C=O) groups is 1. The molecule has 0 aliphatic heterocycles. The van der Waals surface area contributed by atoms with E-state index >= 15 is 0 Å². The molecule has 0 aliphatic rings. The standard InChI is InChI=1S/C6H3IN2O3/c7-6-5(9(11)12)4(3-10)1-2-8-6/h1-3H. The summed E-state index contributed by atoms with van der Waals surface area (Å²) < 4.78 is 0.224. The molecule has 0 amide bonds. The van der Waals surface area contributed by atoms with E-state index in [1.165, 1.54) is 12.3 Å². The van der Waals surface area contributed by atoms with Crippen molar-refractivity contribution in [2.45, 2.75) is 0 Å². The van der Waals surface area contributed by atoms with E-state index in [1.54, 1.807) is 22.6 Å². The van der Waals surface area contributed by atoms with Crippen molar-refractivity contribution in [2.75, 3.05) is 0 Å².